The van der Waals surface area contributed by atoms with Crippen molar-refractivity contribution in [1.82, 2.24) is 9.88 Å². The highest BCUT2D eigenvalue weighted by molar-refractivity contribution is 5.99. The first-order valence-electron chi connectivity index (χ1n) is 12.0. The van der Waals surface area contributed by atoms with Crippen LogP contribution in [0.3, 0.4) is 0 Å². The van der Waals surface area contributed by atoms with Crippen LogP contribution in [-0.2, 0) is 22.5 Å². The monoisotopic (exact) mass is 535 g/mol. The van der Waals surface area contributed by atoms with E-state index in [1.54, 1.807) is 42.5 Å². The molecule has 10 heteroatoms. The lowest BCUT2D eigenvalue weighted by molar-refractivity contribution is -0.206. The number of ether oxygens (including phenoxy) is 2. The highest BCUT2D eigenvalue weighted by Gasteiger charge is 2.42. The Balaban J connectivity index is 1.80. The van der Waals surface area contributed by atoms with Gasteiger partial charge >= 0.3 is 12.1 Å². The number of aromatic nitrogens is 1. The van der Waals surface area contributed by atoms with E-state index in [2.05, 4.69) is 5.32 Å². The van der Waals surface area contributed by atoms with Crippen LogP contribution in [0.5, 0.6) is 5.75 Å². The van der Waals surface area contributed by atoms with E-state index in [0.29, 0.717) is 28.7 Å². The minimum atomic E-state index is -5.24. The number of rotatable bonds is 9. The zero-order chi connectivity index (χ0) is 28.0. The molecule has 0 bridgehead atoms. The zero-order valence-corrected chi connectivity index (χ0v) is 20.9. The molecule has 0 saturated heterocycles. The molecule has 0 amide bonds. The number of fused-ring (bicyclic) bond motifs is 1. The minimum absolute atomic E-state index is 0.0927. The molecule has 200 valence electrons. The van der Waals surface area contributed by atoms with Crippen molar-refractivity contribution in [2.75, 3.05) is 13.7 Å². The van der Waals surface area contributed by atoms with Gasteiger partial charge in [0, 0.05) is 22.9 Å². The van der Waals surface area contributed by atoms with Crippen LogP contribution in [0.15, 0.2) is 83.7 Å². The third-order valence-corrected chi connectivity index (χ3v) is 6.10. The molecule has 3 aromatic carbocycles. The summed E-state index contributed by atoms with van der Waals surface area (Å²) in [5, 5.41) is 13.6. The summed E-state index contributed by atoms with van der Waals surface area (Å²) in [5.74, 6) is -1.94. The molecule has 7 nitrogen and oxygen atoms in total. The third-order valence-electron chi connectivity index (χ3n) is 6.10. The molecule has 0 radical (unpaired) electrons. The van der Waals surface area contributed by atoms with E-state index in [0.717, 1.165) is 10.1 Å². The summed E-state index contributed by atoms with van der Waals surface area (Å²) < 4.78 is 50.4. The molecule has 4 rings (SSSR count). The van der Waals surface area contributed by atoms with Crippen LogP contribution in [-0.4, -0.2) is 36.6 Å². The van der Waals surface area contributed by atoms with Crippen LogP contribution in [0.25, 0.3) is 21.9 Å². The van der Waals surface area contributed by atoms with E-state index in [9.17, 15) is 28.0 Å². The highest BCUT2D eigenvalue weighted by Crippen LogP contribution is 2.32. The van der Waals surface area contributed by atoms with Crippen LogP contribution in [0.2, 0.25) is 0 Å². The average Bonchev–Trinajstić information content (AvgIpc) is 2.94. The molecule has 4 aromatic rings. The van der Waals surface area contributed by atoms with Crippen molar-refractivity contribution in [1.29, 1.82) is 5.26 Å². The summed E-state index contributed by atoms with van der Waals surface area (Å²) in [6.45, 7) is -0.382. The van der Waals surface area contributed by atoms with Crippen LogP contribution in [0, 0.1) is 11.3 Å². The molecule has 0 aliphatic rings. The predicted octanol–water partition coefficient (Wildman–Crippen LogP) is 4.81. The fourth-order valence-corrected chi connectivity index (χ4v) is 4.27. The van der Waals surface area contributed by atoms with Gasteiger partial charge in [-0.05, 0) is 35.7 Å². The number of carbonyl (C=O) groups excluding carboxylic acids is 1. The van der Waals surface area contributed by atoms with E-state index in [1.165, 1.54) is 13.2 Å². The molecule has 1 atom stereocenters. The number of halogens is 3. The van der Waals surface area contributed by atoms with Crippen molar-refractivity contribution in [2.45, 2.75) is 25.4 Å². The number of alkyl halides is 3. The van der Waals surface area contributed by atoms with Gasteiger partial charge in [0.15, 0.2) is 6.23 Å². The third kappa shape index (κ3) is 6.27. The Morgan fingerprint density at radius 3 is 2.31 bits per heavy atom. The summed E-state index contributed by atoms with van der Waals surface area (Å²) in [5.41, 5.74) is 1.21. The quantitative estimate of drug-likeness (QED) is 0.244. The van der Waals surface area contributed by atoms with Crippen molar-refractivity contribution in [3.63, 3.8) is 0 Å². The first-order chi connectivity index (χ1) is 18.7. The summed E-state index contributed by atoms with van der Waals surface area (Å²) in [4.78, 5) is 25.3. The topological polar surface area (TPSA) is 93.3 Å². The zero-order valence-electron chi connectivity index (χ0n) is 20.9. The van der Waals surface area contributed by atoms with Crippen molar-refractivity contribution in [3.05, 3.63) is 100 Å². The molecule has 1 aromatic heterocycles. The van der Waals surface area contributed by atoms with Gasteiger partial charge in [-0.2, -0.15) is 18.4 Å². The average molecular weight is 536 g/mol. The van der Waals surface area contributed by atoms with Crippen LogP contribution in [0.1, 0.15) is 11.3 Å². The highest BCUT2D eigenvalue weighted by atomic mass is 19.4. The lowest BCUT2D eigenvalue weighted by atomic mass is 9.96. The summed E-state index contributed by atoms with van der Waals surface area (Å²) >= 11 is 0. The van der Waals surface area contributed by atoms with Gasteiger partial charge in [0.05, 0.1) is 13.7 Å². The molecule has 0 saturated carbocycles. The van der Waals surface area contributed by atoms with Gasteiger partial charge in [-0.25, -0.2) is 4.79 Å². The number of carbonyl (C=O) groups is 1. The van der Waals surface area contributed by atoms with Crippen molar-refractivity contribution < 1.29 is 27.4 Å². The molecule has 1 N–H and O–H groups in total. The van der Waals surface area contributed by atoms with E-state index >= 15 is 0 Å². The summed E-state index contributed by atoms with van der Waals surface area (Å²) in [6, 6.07) is 24.8. The lowest BCUT2D eigenvalue weighted by Gasteiger charge is -2.23. The molecule has 0 spiro atoms. The fourth-order valence-electron chi connectivity index (χ4n) is 4.27. The Bertz CT molecular complexity index is 1560. The standard InChI is InChI=1S/C29H24F3N3O4/c1-38-21-12-13-22-23(16-21)26(20-10-6-3-7-11-20)24(17-33)35(27(22)36)18-25(39-28(37)29(30,31)32)34-15-14-19-8-4-2-5-9-19/h2-13,16,25,34H,14-15,18H2,1H3. The molecule has 0 fully saturated rings. The first-order valence-corrected chi connectivity index (χ1v) is 12.0. The second-order valence-corrected chi connectivity index (χ2v) is 8.61. The van der Waals surface area contributed by atoms with Gasteiger partial charge in [-0.3, -0.25) is 14.7 Å². The van der Waals surface area contributed by atoms with Gasteiger partial charge in [-0.15, -0.1) is 0 Å². The van der Waals surface area contributed by atoms with Crippen molar-refractivity contribution in [3.8, 4) is 22.9 Å². The van der Waals surface area contributed by atoms with E-state index in [-0.39, 0.29) is 17.6 Å². The van der Waals surface area contributed by atoms with E-state index < -0.39 is 30.5 Å². The molecular weight excluding hydrogens is 511 g/mol. The lowest BCUT2D eigenvalue weighted by Crippen LogP contribution is -2.44. The second-order valence-electron chi connectivity index (χ2n) is 8.61. The Hall–Kier alpha value is -4.62. The summed E-state index contributed by atoms with van der Waals surface area (Å²) in [7, 11) is 1.47. The summed E-state index contributed by atoms with van der Waals surface area (Å²) in [6.07, 6.45) is -6.36. The predicted molar refractivity (Wildman–Crippen MR) is 139 cm³/mol. The van der Waals surface area contributed by atoms with E-state index in [1.807, 2.05) is 36.4 Å². The number of hydrogen-bond acceptors (Lipinski definition) is 6. The maximum Gasteiger partial charge on any atom is 0.490 e. The first kappa shape index (κ1) is 27.4. The fraction of sp³-hybridized carbons (Fsp3) is 0.207. The number of benzene rings is 3. The minimum Gasteiger partial charge on any atom is -0.497 e. The Labute approximate surface area is 222 Å². The van der Waals surface area contributed by atoms with Gasteiger partial charge < -0.3 is 9.47 Å². The number of esters is 1. The van der Waals surface area contributed by atoms with Gasteiger partial charge in [0.2, 0.25) is 0 Å². The van der Waals surface area contributed by atoms with Gasteiger partial charge in [0.25, 0.3) is 5.56 Å². The molecule has 0 aliphatic carbocycles. The van der Waals surface area contributed by atoms with Gasteiger partial charge in [-0.1, -0.05) is 60.7 Å². The van der Waals surface area contributed by atoms with Crippen LogP contribution in [0.4, 0.5) is 13.2 Å². The number of nitriles is 1. The molecule has 0 aliphatic heterocycles. The maximum absolute atomic E-state index is 13.6. The molecule has 1 unspecified atom stereocenters. The van der Waals surface area contributed by atoms with Crippen molar-refractivity contribution in [2.24, 2.45) is 0 Å². The largest absolute Gasteiger partial charge is 0.497 e. The van der Waals surface area contributed by atoms with Crippen molar-refractivity contribution >= 4 is 16.7 Å². The maximum atomic E-state index is 13.6. The molecular formula is C29H24F3N3O4. The van der Waals surface area contributed by atoms with Gasteiger partial charge in [0.1, 0.15) is 17.5 Å². The number of pyridine rings is 1. The van der Waals surface area contributed by atoms with Crippen LogP contribution >= 0.6 is 0 Å². The second kappa shape index (κ2) is 11.8. The Morgan fingerprint density at radius 1 is 1.03 bits per heavy atom. The Morgan fingerprint density at radius 2 is 1.69 bits per heavy atom. The number of hydrogen-bond donors (Lipinski definition) is 1. The molecule has 1 heterocycles. The Kier molecular flexibility index (Phi) is 8.32. The van der Waals surface area contributed by atoms with Crippen LogP contribution < -0.4 is 15.6 Å². The molecule has 39 heavy (non-hydrogen) atoms. The van der Waals surface area contributed by atoms with E-state index in [4.69, 9.17) is 9.47 Å². The SMILES string of the molecule is COc1ccc2c(=O)n(CC(NCCc3ccccc3)OC(=O)C(F)(F)F)c(C#N)c(-c3ccccc3)c2c1. The smallest absolute Gasteiger partial charge is 0.490 e. The number of methoxy groups -OCH3 is 1. The normalized spacial score (nSPS) is 12.1. The number of nitrogens with zero attached hydrogens (tertiary/aromatic N) is 2. The number of nitrogens with one attached hydrogen (secondary N) is 1.